The Hall–Kier alpha value is -1.62. The SMILES string of the molecule is CC(=O)c1cnc(-c2scnc2C)cn1. The quantitative estimate of drug-likeness (QED) is 0.726. The minimum Gasteiger partial charge on any atom is -0.293 e. The normalized spacial score (nSPS) is 10.3. The number of nitrogens with zero attached hydrogens (tertiary/aromatic N) is 3. The molecule has 0 amide bonds. The van der Waals surface area contributed by atoms with Crippen LogP contribution in [0.2, 0.25) is 0 Å². The van der Waals surface area contributed by atoms with Gasteiger partial charge < -0.3 is 0 Å². The van der Waals surface area contributed by atoms with Gasteiger partial charge in [-0.25, -0.2) is 9.97 Å². The predicted octanol–water partition coefficient (Wildman–Crippen LogP) is 2.11. The molecule has 2 heterocycles. The van der Waals surface area contributed by atoms with Crippen molar-refractivity contribution in [2.24, 2.45) is 0 Å². The van der Waals surface area contributed by atoms with Gasteiger partial charge in [-0.1, -0.05) is 0 Å². The smallest absolute Gasteiger partial charge is 0.179 e. The number of hydrogen-bond acceptors (Lipinski definition) is 5. The third kappa shape index (κ3) is 1.92. The van der Waals surface area contributed by atoms with Crippen LogP contribution in [0, 0.1) is 6.92 Å². The molecule has 0 aliphatic carbocycles. The zero-order valence-electron chi connectivity index (χ0n) is 8.39. The Morgan fingerprint density at radius 3 is 2.53 bits per heavy atom. The summed E-state index contributed by atoms with van der Waals surface area (Å²) in [5, 5.41) is 0. The van der Waals surface area contributed by atoms with Gasteiger partial charge in [0.2, 0.25) is 0 Å². The lowest BCUT2D eigenvalue weighted by molar-refractivity contribution is 0.101. The molecule has 5 heteroatoms. The number of ketones is 1. The average Bonchev–Trinajstić information content (AvgIpc) is 2.65. The third-order valence-corrected chi connectivity index (χ3v) is 2.94. The first kappa shape index (κ1) is 9.92. The molecular formula is C10H9N3OS. The van der Waals surface area contributed by atoms with Crippen LogP contribution < -0.4 is 0 Å². The molecule has 0 N–H and O–H groups in total. The van der Waals surface area contributed by atoms with E-state index in [0.29, 0.717) is 5.69 Å². The summed E-state index contributed by atoms with van der Waals surface area (Å²) in [5.74, 6) is -0.0740. The standard InChI is InChI=1S/C10H9N3OS/c1-6-10(15-5-13-6)9-4-11-8(3-12-9)7(2)14/h3-5H,1-2H3. The van der Waals surface area contributed by atoms with E-state index in [1.165, 1.54) is 24.5 Å². The number of thiazole rings is 1. The molecule has 0 aliphatic rings. The van der Waals surface area contributed by atoms with Gasteiger partial charge in [0.25, 0.3) is 0 Å². The van der Waals surface area contributed by atoms with E-state index < -0.39 is 0 Å². The van der Waals surface area contributed by atoms with Crippen molar-refractivity contribution in [2.45, 2.75) is 13.8 Å². The first-order chi connectivity index (χ1) is 7.18. The van der Waals surface area contributed by atoms with E-state index in [-0.39, 0.29) is 5.78 Å². The first-order valence-electron chi connectivity index (χ1n) is 4.42. The zero-order chi connectivity index (χ0) is 10.8. The summed E-state index contributed by atoms with van der Waals surface area (Å²) in [6.07, 6.45) is 3.11. The van der Waals surface area contributed by atoms with Crippen LogP contribution in [0.1, 0.15) is 23.1 Å². The molecule has 0 atom stereocenters. The lowest BCUT2D eigenvalue weighted by Gasteiger charge is -1.98. The van der Waals surface area contributed by atoms with Gasteiger partial charge in [-0.15, -0.1) is 11.3 Å². The van der Waals surface area contributed by atoms with Crippen molar-refractivity contribution >= 4 is 17.1 Å². The second kappa shape index (κ2) is 3.86. The van der Waals surface area contributed by atoms with E-state index in [9.17, 15) is 4.79 Å². The summed E-state index contributed by atoms with van der Waals surface area (Å²) >= 11 is 1.52. The molecule has 15 heavy (non-hydrogen) atoms. The highest BCUT2D eigenvalue weighted by molar-refractivity contribution is 7.13. The van der Waals surface area contributed by atoms with Crippen LogP contribution in [0.3, 0.4) is 0 Å². The molecule has 0 unspecified atom stereocenters. The van der Waals surface area contributed by atoms with E-state index in [1.54, 1.807) is 11.7 Å². The molecule has 0 spiro atoms. The van der Waals surface area contributed by atoms with Crippen molar-refractivity contribution < 1.29 is 4.79 Å². The Morgan fingerprint density at radius 2 is 2.07 bits per heavy atom. The Kier molecular flexibility index (Phi) is 2.55. The monoisotopic (exact) mass is 219 g/mol. The molecule has 2 aromatic rings. The summed E-state index contributed by atoms with van der Waals surface area (Å²) < 4.78 is 0. The summed E-state index contributed by atoms with van der Waals surface area (Å²) in [6, 6.07) is 0. The second-order valence-electron chi connectivity index (χ2n) is 3.11. The van der Waals surface area contributed by atoms with Crippen LogP contribution in [0.5, 0.6) is 0 Å². The number of aromatic nitrogens is 3. The van der Waals surface area contributed by atoms with E-state index >= 15 is 0 Å². The molecule has 0 fully saturated rings. The van der Waals surface area contributed by atoms with Gasteiger partial charge in [-0.05, 0) is 6.92 Å². The van der Waals surface area contributed by atoms with E-state index in [2.05, 4.69) is 15.0 Å². The number of aryl methyl sites for hydroxylation is 1. The maximum atomic E-state index is 11.0. The first-order valence-corrected chi connectivity index (χ1v) is 5.30. The molecular weight excluding hydrogens is 210 g/mol. The summed E-state index contributed by atoms with van der Waals surface area (Å²) in [4.78, 5) is 24.4. The van der Waals surface area contributed by atoms with Crippen LogP contribution in [0.4, 0.5) is 0 Å². The molecule has 0 aromatic carbocycles. The van der Waals surface area contributed by atoms with Gasteiger partial charge in [0.1, 0.15) is 11.4 Å². The molecule has 0 radical (unpaired) electrons. The highest BCUT2D eigenvalue weighted by Crippen LogP contribution is 2.24. The zero-order valence-corrected chi connectivity index (χ0v) is 9.21. The van der Waals surface area contributed by atoms with Crippen LogP contribution in [0.25, 0.3) is 10.6 Å². The molecule has 0 bridgehead atoms. The van der Waals surface area contributed by atoms with Gasteiger partial charge in [0.05, 0.1) is 28.5 Å². The van der Waals surface area contributed by atoms with Crippen molar-refractivity contribution in [1.82, 2.24) is 15.0 Å². The van der Waals surface area contributed by atoms with Gasteiger partial charge in [-0.3, -0.25) is 9.78 Å². The maximum absolute atomic E-state index is 11.0. The van der Waals surface area contributed by atoms with Crippen LogP contribution in [-0.2, 0) is 0 Å². The number of Topliss-reactive ketones (excluding diaryl/α,β-unsaturated/α-hetero) is 1. The highest BCUT2D eigenvalue weighted by atomic mass is 32.1. The molecule has 0 aliphatic heterocycles. The van der Waals surface area contributed by atoms with Crippen molar-refractivity contribution in [3.8, 4) is 10.6 Å². The molecule has 0 saturated carbocycles. The Labute approximate surface area is 91.0 Å². The van der Waals surface area contributed by atoms with E-state index in [1.807, 2.05) is 6.92 Å². The van der Waals surface area contributed by atoms with Crippen LogP contribution in [0.15, 0.2) is 17.9 Å². The number of rotatable bonds is 2. The van der Waals surface area contributed by atoms with E-state index in [0.717, 1.165) is 16.3 Å². The van der Waals surface area contributed by atoms with Crippen LogP contribution >= 0.6 is 11.3 Å². The number of carbonyl (C=O) groups is 1. The molecule has 2 rings (SSSR count). The maximum Gasteiger partial charge on any atom is 0.179 e. The predicted molar refractivity (Wildman–Crippen MR) is 57.9 cm³/mol. The van der Waals surface area contributed by atoms with Gasteiger partial charge in [0.15, 0.2) is 5.78 Å². The highest BCUT2D eigenvalue weighted by Gasteiger charge is 2.07. The van der Waals surface area contributed by atoms with Crippen molar-refractivity contribution in [3.63, 3.8) is 0 Å². The summed E-state index contributed by atoms with van der Waals surface area (Å²) in [6.45, 7) is 3.40. The second-order valence-corrected chi connectivity index (χ2v) is 3.96. The Bertz CT molecular complexity index is 490. The topological polar surface area (TPSA) is 55.7 Å². The van der Waals surface area contributed by atoms with Crippen LogP contribution in [-0.4, -0.2) is 20.7 Å². The number of hydrogen-bond donors (Lipinski definition) is 0. The number of carbonyl (C=O) groups excluding carboxylic acids is 1. The third-order valence-electron chi connectivity index (χ3n) is 1.99. The fourth-order valence-electron chi connectivity index (χ4n) is 1.17. The van der Waals surface area contributed by atoms with Crippen molar-refractivity contribution in [2.75, 3.05) is 0 Å². The summed E-state index contributed by atoms with van der Waals surface area (Å²) in [7, 11) is 0. The average molecular weight is 219 g/mol. The lowest BCUT2D eigenvalue weighted by atomic mass is 10.3. The van der Waals surface area contributed by atoms with Gasteiger partial charge >= 0.3 is 0 Å². The fourth-order valence-corrected chi connectivity index (χ4v) is 1.94. The lowest BCUT2D eigenvalue weighted by Crippen LogP contribution is -1.97. The fraction of sp³-hybridized carbons (Fsp3) is 0.200. The Morgan fingerprint density at radius 1 is 1.27 bits per heavy atom. The molecule has 0 saturated heterocycles. The largest absolute Gasteiger partial charge is 0.293 e. The molecule has 76 valence electrons. The van der Waals surface area contributed by atoms with E-state index in [4.69, 9.17) is 0 Å². The summed E-state index contributed by atoms with van der Waals surface area (Å²) in [5.41, 5.74) is 3.86. The molecule has 4 nitrogen and oxygen atoms in total. The Balaban J connectivity index is 2.40. The van der Waals surface area contributed by atoms with Gasteiger partial charge in [-0.2, -0.15) is 0 Å². The minimum atomic E-state index is -0.0740. The minimum absolute atomic E-state index is 0.0740. The van der Waals surface area contributed by atoms with Gasteiger partial charge in [0, 0.05) is 6.92 Å². The van der Waals surface area contributed by atoms with Crippen molar-refractivity contribution in [3.05, 3.63) is 29.3 Å². The van der Waals surface area contributed by atoms with Crippen molar-refractivity contribution in [1.29, 1.82) is 0 Å². The molecule has 2 aromatic heterocycles.